The number of hydrogen-bond donors (Lipinski definition) is 0. The molecule has 5 heteroatoms. The van der Waals surface area contributed by atoms with E-state index in [9.17, 15) is 0 Å². The third-order valence-electron chi connectivity index (χ3n) is 0. The van der Waals surface area contributed by atoms with Crippen molar-refractivity contribution < 1.29 is 39.9 Å². The summed E-state index contributed by atoms with van der Waals surface area (Å²) in [6.07, 6.45) is 0. The van der Waals surface area contributed by atoms with Crippen LogP contribution in [0.3, 0.4) is 0 Å². The molecule has 0 aromatic carbocycles. The molecule has 0 N–H and O–H groups in total. The quantitative estimate of drug-likeness (QED) is 0.449. The average Bonchev–Trinajstić information content (AvgIpc) is 0.811. The molecule has 0 unspecified atom stereocenters. The van der Waals surface area contributed by atoms with E-state index < -0.39 is 14.5 Å². The van der Waals surface area contributed by atoms with Crippen molar-refractivity contribution in [3.8, 4) is 0 Å². The normalized spacial score (nSPS) is 7.00. The van der Waals surface area contributed by atoms with E-state index in [1.54, 1.807) is 0 Å². The Morgan fingerprint density at radius 2 is 1.40 bits per heavy atom. The molecule has 0 aromatic heterocycles. The summed E-state index contributed by atoms with van der Waals surface area (Å²) in [4.78, 5) is 0. The molecule has 0 spiro atoms. The van der Waals surface area contributed by atoms with Gasteiger partial charge in [0.1, 0.15) is 0 Å². The van der Waals surface area contributed by atoms with Gasteiger partial charge in [-0.3, -0.25) is 0 Å². The van der Waals surface area contributed by atoms with E-state index in [1.165, 1.54) is 0 Å². The van der Waals surface area contributed by atoms with Crippen LogP contribution in [0.2, 0.25) is 0 Å². The molecule has 5 heavy (non-hydrogen) atoms. The first kappa shape index (κ1) is 9.49. The van der Waals surface area contributed by atoms with E-state index in [-0.39, 0.29) is 27.7 Å². The molecule has 0 aromatic rings. The minimum absolute atomic E-state index is 0. The van der Waals surface area contributed by atoms with Crippen molar-refractivity contribution in [1.82, 2.24) is 0 Å². The second-order valence-corrected chi connectivity index (χ2v) is 1.06. The zero-order valence-electron chi connectivity index (χ0n) is 2.34. The van der Waals surface area contributed by atoms with Gasteiger partial charge in [0.2, 0.25) is 0 Å². The fraction of sp³-hybridized carbons (Fsp3) is 0. The van der Waals surface area contributed by atoms with Gasteiger partial charge in [-0.25, -0.2) is 0 Å². The van der Waals surface area contributed by atoms with Crippen LogP contribution in [0.25, 0.3) is 0 Å². The van der Waals surface area contributed by atoms with Crippen molar-refractivity contribution in [3.63, 3.8) is 0 Å². The Balaban J connectivity index is 0. The van der Waals surface area contributed by atoms with Crippen LogP contribution in [0.4, 0.5) is 0 Å². The summed E-state index contributed by atoms with van der Waals surface area (Å²) in [7, 11) is 0. The zero-order chi connectivity index (χ0) is 3.58. The fourth-order valence-electron chi connectivity index (χ4n) is 0. The van der Waals surface area contributed by atoms with Gasteiger partial charge in [0.05, 0.1) is 0 Å². The molecule has 0 aliphatic carbocycles. The monoisotopic (exact) mass is 330 g/mol. The van der Waals surface area contributed by atoms with Crippen LogP contribution < -0.4 is 8.38 Å². The van der Waals surface area contributed by atoms with Crippen LogP contribution in [-0.2, 0) is 31.5 Å². The van der Waals surface area contributed by atoms with Crippen LogP contribution in [0.1, 0.15) is 0 Å². The predicted molar refractivity (Wildman–Crippen MR) is 6.44 cm³/mol. The van der Waals surface area contributed by atoms with Gasteiger partial charge in [0.15, 0.2) is 0 Å². The maximum absolute atomic E-state index is 8.54. The van der Waals surface area contributed by atoms with Crippen molar-refractivity contribution in [2.24, 2.45) is 0 Å². The van der Waals surface area contributed by atoms with Gasteiger partial charge in [0.25, 0.3) is 0 Å². The number of hydrogen-bond acceptors (Lipinski definition) is 3. The smallest absolute Gasteiger partial charge is 2.00 e. The maximum Gasteiger partial charge on any atom is 2.00 e. The van der Waals surface area contributed by atoms with E-state index in [2.05, 4.69) is 0 Å². The van der Waals surface area contributed by atoms with Gasteiger partial charge in [-0.2, -0.15) is 0 Å². The largest absolute Gasteiger partial charge is 2.00 e. The predicted octanol–water partition coefficient (Wildman–Crippen LogP) is -2.88. The second-order valence-electron chi connectivity index (χ2n) is 0.204. The minimum Gasteiger partial charge on any atom is 2.00 e. The summed E-state index contributed by atoms with van der Waals surface area (Å²) in [6, 6.07) is 0. The first-order valence-corrected chi connectivity index (χ1v) is 2.60. The first-order valence-electron chi connectivity index (χ1n) is 0.500. The zero-order valence-corrected chi connectivity index (χ0v) is 9.55. The van der Waals surface area contributed by atoms with Crippen molar-refractivity contribution in [1.29, 1.82) is 0 Å². The number of rotatable bonds is 0. The Labute approximate surface area is 54.2 Å². The topological polar surface area (TPSA) is 63.2 Å². The summed E-state index contributed by atoms with van der Waals surface area (Å²) < 4.78 is 25.6. The van der Waals surface area contributed by atoms with Gasteiger partial charge in [-0.1, -0.05) is 0 Å². The minimum atomic E-state index is -3.79. The SMILES string of the molecule is O=[Se]([O-])[O-].[Hg+2]. The Bertz CT molecular complexity index is 29.9. The van der Waals surface area contributed by atoms with Gasteiger partial charge < -0.3 is 0 Å². The molecule has 0 aliphatic rings. The van der Waals surface area contributed by atoms with Crippen LogP contribution in [0.5, 0.6) is 0 Å². The molecule has 26 valence electrons. The van der Waals surface area contributed by atoms with Crippen LogP contribution >= 0.6 is 0 Å². The third kappa shape index (κ3) is 37.8. The van der Waals surface area contributed by atoms with E-state index in [4.69, 9.17) is 12.2 Å². The van der Waals surface area contributed by atoms with E-state index >= 15 is 0 Å². The first-order chi connectivity index (χ1) is 1.73. The molecular weight excluding hydrogens is 328 g/mol. The molecule has 0 rings (SSSR count). The summed E-state index contributed by atoms with van der Waals surface area (Å²) in [5, 5.41) is 0. The van der Waals surface area contributed by atoms with Crippen molar-refractivity contribution in [2.45, 2.75) is 0 Å². The van der Waals surface area contributed by atoms with Crippen LogP contribution in [-0.4, -0.2) is 14.5 Å². The molecule has 3 nitrogen and oxygen atoms in total. The van der Waals surface area contributed by atoms with Crippen LogP contribution in [0, 0.1) is 0 Å². The third-order valence-corrected chi connectivity index (χ3v) is 0. The van der Waals surface area contributed by atoms with Crippen molar-refractivity contribution in [3.05, 3.63) is 0 Å². The molecule has 0 aliphatic heterocycles. The van der Waals surface area contributed by atoms with Crippen molar-refractivity contribution >= 4 is 14.5 Å². The van der Waals surface area contributed by atoms with Gasteiger partial charge in [0, 0.05) is 0 Å². The Kier molecular flexibility index (Phi) is 9.82. The summed E-state index contributed by atoms with van der Waals surface area (Å²) in [6.45, 7) is 0. The van der Waals surface area contributed by atoms with Gasteiger partial charge >= 0.3 is 54.4 Å². The van der Waals surface area contributed by atoms with Gasteiger partial charge in [-0.05, 0) is 0 Å². The van der Waals surface area contributed by atoms with Crippen LogP contribution in [0.15, 0.2) is 0 Å². The standard InChI is InChI=1S/Hg.H2O3Se/c;1-4(2)3/h;(H2,1,2,3)/q+2;/p-2. The maximum atomic E-state index is 8.54. The molecule has 0 saturated heterocycles. The molecular formula is HgO3Se. The van der Waals surface area contributed by atoms with E-state index in [0.717, 1.165) is 0 Å². The molecule has 0 radical (unpaired) electrons. The summed E-state index contributed by atoms with van der Waals surface area (Å²) >= 11 is -3.79. The average molecular weight is 328 g/mol. The molecule has 0 fully saturated rings. The second kappa shape index (κ2) is 5.17. The summed E-state index contributed by atoms with van der Waals surface area (Å²) in [5.41, 5.74) is 0. The Hall–Kier alpha value is 1.17. The van der Waals surface area contributed by atoms with E-state index in [0.29, 0.717) is 0 Å². The Morgan fingerprint density at radius 3 is 1.40 bits per heavy atom. The van der Waals surface area contributed by atoms with Crippen molar-refractivity contribution in [2.75, 3.05) is 0 Å². The fourth-order valence-corrected chi connectivity index (χ4v) is 0. The van der Waals surface area contributed by atoms with E-state index in [1.807, 2.05) is 0 Å². The molecule has 0 saturated carbocycles. The molecule has 0 bridgehead atoms. The van der Waals surface area contributed by atoms with Gasteiger partial charge in [-0.15, -0.1) is 0 Å². The molecule has 0 heterocycles. The molecule has 0 amide bonds. The molecule has 0 atom stereocenters. The summed E-state index contributed by atoms with van der Waals surface area (Å²) in [5.74, 6) is 0. The Morgan fingerprint density at radius 1 is 1.40 bits per heavy atom.